The number of benzene rings is 1. The van der Waals surface area contributed by atoms with Gasteiger partial charge in [-0.25, -0.2) is 4.98 Å². The normalized spacial score (nSPS) is 9.87. The van der Waals surface area contributed by atoms with Gasteiger partial charge < -0.3 is 4.57 Å². The van der Waals surface area contributed by atoms with E-state index in [4.69, 9.17) is 6.42 Å². The molecule has 0 fully saturated rings. The molecule has 1 heterocycles. The Morgan fingerprint density at radius 3 is 2.73 bits per heavy atom. The number of aryl methyl sites for hydroxylation is 1. The third-order valence-electron chi connectivity index (χ3n) is 2.34. The largest absolute Gasteiger partial charge is 0.317 e. The van der Waals surface area contributed by atoms with Gasteiger partial charge in [-0.3, -0.25) is 0 Å². The molecule has 2 heteroatoms. The van der Waals surface area contributed by atoms with Crippen LogP contribution in [0.3, 0.4) is 0 Å². The lowest BCUT2D eigenvalue weighted by Crippen LogP contribution is -2.00. The second kappa shape index (κ2) is 4.02. The summed E-state index contributed by atoms with van der Waals surface area (Å²) in [6.07, 6.45) is 7.18. The average molecular weight is 196 g/mol. The van der Waals surface area contributed by atoms with Gasteiger partial charge in [0.15, 0.2) is 0 Å². The third kappa shape index (κ3) is 1.77. The van der Waals surface area contributed by atoms with Gasteiger partial charge in [0, 0.05) is 17.5 Å². The van der Waals surface area contributed by atoms with Crippen LogP contribution >= 0.6 is 0 Å². The van der Waals surface area contributed by atoms with Gasteiger partial charge in [-0.1, -0.05) is 36.3 Å². The van der Waals surface area contributed by atoms with E-state index in [9.17, 15) is 0 Å². The highest BCUT2D eigenvalue weighted by molar-refractivity contribution is 5.55. The molecule has 2 aromatic rings. The maximum absolute atomic E-state index is 5.34. The van der Waals surface area contributed by atoms with Crippen LogP contribution in [0.4, 0.5) is 0 Å². The minimum Gasteiger partial charge on any atom is -0.317 e. The van der Waals surface area contributed by atoms with E-state index in [1.165, 1.54) is 0 Å². The van der Waals surface area contributed by atoms with Crippen molar-refractivity contribution >= 4 is 0 Å². The zero-order valence-electron chi connectivity index (χ0n) is 8.64. The Morgan fingerprint density at radius 2 is 2.07 bits per heavy atom. The lowest BCUT2D eigenvalue weighted by atomic mass is 10.2. The lowest BCUT2D eigenvalue weighted by Gasteiger charge is -2.05. The fourth-order valence-electron chi connectivity index (χ4n) is 1.57. The van der Waals surface area contributed by atoms with E-state index in [0.717, 1.165) is 17.1 Å². The summed E-state index contributed by atoms with van der Waals surface area (Å²) in [5.41, 5.74) is 2.19. The average Bonchev–Trinajstić information content (AvgIpc) is 2.63. The first-order chi connectivity index (χ1) is 7.33. The van der Waals surface area contributed by atoms with Crippen LogP contribution in [-0.4, -0.2) is 9.55 Å². The van der Waals surface area contributed by atoms with Gasteiger partial charge in [-0.05, 0) is 6.92 Å². The monoisotopic (exact) mass is 196 g/mol. The van der Waals surface area contributed by atoms with E-state index in [1.54, 1.807) is 0 Å². The van der Waals surface area contributed by atoms with Crippen molar-refractivity contribution in [2.75, 3.05) is 0 Å². The van der Waals surface area contributed by atoms with Crippen molar-refractivity contribution in [1.29, 1.82) is 0 Å². The maximum atomic E-state index is 5.34. The molecular weight excluding hydrogens is 184 g/mol. The summed E-state index contributed by atoms with van der Waals surface area (Å²) in [7, 11) is 0. The predicted octanol–water partition coefficient (Wildman–Crippen LogP) is 2.49. The Hall–Kier alpha value is -2.01. The molecule has 0 unspecified atom stereocenters. The fraction of sp³-hybridized carbons (Fsp3) is 0.154. The zero-order valence-corrected chi connectivity index (χ0v) is 8.64. The molecule has 2 rings (SSSR count). The minimum atomic E-state index is 0.566. The smallest absolute Gasteiger partial charge is 0.140 e. The summed E-state index contributed by atoms with van der Waals surface area (Å²) in [5, 5.41) is 0. The Labute approximate surface area is 89.6 Å². The van der Waals surface area contributed by atoms with Gasteiger partial charge in [-0.15, -0.1) is 6.42 Å². The highest BCUT2D eigenvalue weighted by Gasteiger charge is 2.06. The summed E-state index contributed by atoms with van der Waals surface area (Å²) >= 11 is 0. The zero-order chi connectivity index (χ0) is 10.7. The molecule has 0 N–H and O–H groups in total. The van der Waals surface area contributed by atoms with Crippen LogP contribution in [0.2, 0.25) is 0 Å². The summed E-state index contributed by atoms with van der Waals surface area (Å²) in [5.74, 6) is 3.58. The molecular formula is C13H12N2. The molecule has 2 nitrogen and oxygen atoms in total. The van der Waals surface area contributed by atoms with Gasteiger partial charge in [0.1, 0.15) is 5.82 Å². The maximum Gasteiger partial charge on any atom is 0.140 e. The topological polar surface area (TPSA) is 17.8 Å². The quantitative estimate of drug-likeness (QED) is 0.675. The summed E-state index contributed by atoms with van der Waals surface area (Å²) in [4.78, 5) is 4.37. The van der Waals surface area contributed by atoms with Crippen molar-refractivity contribution < 1.29 is 0 Å². The highest BCUT2D eigenvalue weighted by atomic mass is 15.1. The van der Waals surface area contributed by atoms with Gasteiger partial charge in [-0.2, -0.15) is 0 Å². The Bertz CT molecular complexity index is 489. The van der Waals surface area contributed by atoms with Crippen molar-refractivity contribution in [3.8, 4) is 23.7 Å². The van der Waals surface area contributed by atoms with Crippen molar-refractivity contribution in [1.82, 2.24) is 9.55 Å². The van der Waals surface area contributed by atoms with Crippen LogP contribution in [0.5, 0.6) is 0 Å². The Morgan fingerprint density at radius 1 is 1.33 bits per heavy atom. The van der Waals surface area contributed by atoms with Crippen molar-refractivity contribution in [2.24, 2.45) is 0 Å². The predicted molar refractivity (Wildman–Crippen MR) is 61.2 cm³/mol. The molecule has 0 bridgehead atoms. The van der Waals surface area contributed by atoms with Crippen LogP contribution in [0.15, 0.2) is 36.5 Å². The number of terminal acetylenes is 1. The lowest BCUT2D eigenvalue weighted by molar-refractivity contribution is 0.818. The van der Waals surface area contributed by atoms with E-state index in [1.807, 2.05) is 48.0 Å². The molecule has 0 radical (unpaired) electrons. The van der Waals surface area contributed by atoms with E-state index in [2.05, 4.69) is 10.9 Å². The molecule has 0 saturated heterocycles. The van der Waals surface area contributed by atoms with Crippen LogP contribution in [0, 0.1) is 19.3 Å². The second-order valence-electron chi connectivity index (χ2n) is 3.38. The molecule has 1 aromatic carbocycles. The minimum absolute atomic E-state index is 0.566. The van der Waals surface area contributed by atoms with Crippen LogP contribution in [0.1, 0.15) is 5.69 Å². The van der Waals surface area contributed by atoms with Crippen LogP contribution in [-0.2, 0) is 6.54 Å². The van der Waals surface area contributed by atoms with E-state index >= 15 is 0 Å². The molecule has 0 aliphatic rings. The first-order valence-corrected chi connectivity index (χ1v) is 4.84. The summed E-state index contributed by atoms with van der Waals surface area (Å²) in [6, 6.07) is 10.1. The van der Waals surface area contributed by atoms with Gasteiger partial charge >= 0.3 is 0 Å². The number of nitrogens with zero attached hydrogens (tertiary/aromatic N) is 2. The standard InChI is InChI=1S/C13H12N2/c1-3-9-15-11(2)10-14-13(15)12-7-5-4-6-8-12/h1,4-8,10H,9H2,2H3. The Balaban J connectivity index is 2.50. The summed E-state index contributed by atoms with van der Waals surface area (Å²) in [6.45, 7) is 2.58. The molecule has 15 heavy (non-hydrogen) atoms. The molecule has 0 aliphatic heterocycles. The van der Waals surface area contributed by atoms with E-state index in [0.29, 0.717) is 6.54 Å². The number of aromatic nitrogens is 2. The van der Waals surface area contributed by atoms with Crippen molar-refractivity contribution in [3.05, 3.63) is 42.2 Å². The molecule has 0 saturated carbocycles. The Kier molecular flexibility index (Phi) is 2.55. The number of hydrogen-bond donors (Lipinski definition) is 0. The number of imidazole rings is 1. The first kappa shape index (κ1) is 9.54. The fourth-order valence-corrected chi connectivity index (χ4v) is 1.57. The van der Waals surface area contributed by atoms with Crippen LogP contribution in [0.25, 0.3) is 11.4 Å². The molecule has 0 atom stereocenters. The number of rotatable bonds is 2. The molecule has 0 aliphatic carbocycles. The van der Waals surface area contributed by atoms with Crippen molar-refractivity contribution in [3.63, 3.8) is 0 Å². The van der Waals surface area contributed by atoms with E-state index < -0.39 is 0 Å². The van der Waals surface area contributed by atoms with Gasteiger partial charge in [0.05, 0.1) is 6.54 Å². The van der Waals surface area contributed by atoms with E-state index in [-0.39, 0.29) is 0 Å². The van der Waals surface area contributed by atoms with Gasteiger partial charge in [0.25, 0.3) is 0 Å². The SMILES string of the molecule is C#CCn1c(C)cnc1-c1ccccc1. The molecule has 0 spiro atoms. The van der Waals surface area contributed by atoms with Gasteiger partial charge in [0.2, 0.25) is 0 Å². The molecule has 0 amide bonds. The second-order valence-corrected chi connectivity index (χ2v) is 3.38. The first-order valence-electron chi connectivity index (χ1n) is 4.84. The van der Waals surface area contributed by atoms with Crippen molar-refractivity contribution in [2.45, 2.75) is 13.5 Å². The van der Waals surface area contributed by atoms with Crippen LogP contribution < -0.4 is 0 Å². The molecule has 74 valence electrons. The molecule has 1 aromatic heterocycles. The number of hydrogen-bond acceptors (Lipinski definition) is 1. The third-order valence-corrected chi connectivity index (χ3v) is 2.34. The summed E-state index contributed by atoms with van der Waals surface area (Å²) < 4.78 is 2.04. The highest BCUT2D eigenvalue weighted by Crippen LogP contribution is 2.18.